The van der Waals surface area contributed by atoms with Gasteiger partial charge in [0.05, 0.1) is 6.61 Å². The van der Waals surface area contributed by atoms with Crippen LogP contribution < -0.4 is 4.74 Å². The molecule has 118 valence electrons. The van der Waals surface area contributed by atoms with E-state index in [1.54, 1.807) is 0 Å². The van der Waals surface area contributed by atoms with E-state index < -0.39 is 0 Å². The van der Waals surface area contributed by atoms with Crippen molar-refractivity contribution in [2.24, 2.45) is 0 Å². The van der Waals surface area contributed by atoms with Gasteiger partial charge in [0.1, 0.15) is 5.75 Å². The lowest BCUT2D eigenvalue weighted by atomic mass is 10.1. The molecule has 0 aliphatic rings. The number of halogens is 1. The van der Waals surface area contributed by atoms with Gasteiger partial charge in [-0.2, -0.15) is 0 Å². The highest BCUT2D eigenvalue weighted by Gasteiger charge is 1.98. The Bertz CT molecular complexity index is 684. The number of pyridine rings is 1. The Morgan fingerprint density at radius 1 is 0.696 bits per heavy atom. The first-order valence-electron chi connectivity index (χ1n) is 7.55. The molecule has 1 heterocycles. The third-order valence-electron chi connectivity index (χ3n) is 3.58. The number of benzene rings is 2. The largest absolute Gasteiger partial charge is 0.493 e. The van der Waals surface area contributed by atoms with E-state index in [4.69, 9.17) is 4.74 Å². The Morgan fingerprint density at radius 3 is 2.04 bits per heavy atom. The molecule has 3 heteroatoms. The summed E-state index contributed by atoms with van der Waals surface area (Å²) in [6.45, 7) is 0.683. The van der Waals surface area contributed by atoms with Gasteiger partial charge < -0.3 is 4.74 Å². The van der Waals surface area contributed by atoms with Crippen molar-refractivity contribution in [3.63, 3.8) is 0 Å². The van der Waals surface area contributed by atoms with Crippen molar-refractivity contribution in [2.45, 2.75) is 12.8 Å². The Balaban J connectivity index is 0.00000192. The van der Waals surface area contributed by atoms with Gasteiger partial charge >= 0.3 is 0 Å². The molecule has 2 aromatic carbocycles. The van der Waals surface area contributed by atoms with Crippen LogP contribution >= 0.6 is 12.4 Å². The summed E-state index contributed by atoms with van der Waals surface area (Å²) in [5.41, 5.74) is 3.87. The first-order chi connectivity index (χ1) is 10.9. The Labute approximate surface area is 143 Å². The quantitative estimate of drug-likeness (QED) is 0.654. The molecule has 0 spiro atoms. The van der Waals surface area contributed by atoms with Crippen LogP contribution in [0.4, 0.5) is 0 Å². The Kier molecular flexibility index (Phi) is 6.64. The van der Waals surface area contributed by atoms with Gasteiger partial charge in [0, 0.05) is 18.8 Å². The van der Waals surface area contributed by atoms with Crippen molar-refractivity contribution in [2.75, 3.05) is 6.61 Å². The van der Waals surface area contributed by atoms with Crippen LogP contribution in [0.15, 0.2) is 79.1 Å². The van der Waals surface area contributed by atoms with Crippen molar-refractivity contribution >= 4 is 12.4 Å². The first kappa shape index (κ1) is 17.0. The molecule has 23 heavy (non-hydrogen) atoms. The minimum absolute atomic E-state index is 0. The number of hydrogen-bond donors (Lipinski definition) is 0. The summed E-state index contributed by atoms with van der Waals surface area (Å²) in [5.74, 6) is 0.922. The van der Waals surface area contributed by atoms with Gasteiger partial charge in [0.15, 0.2) is 0 Å². The maximum absolute atomic E-state index is 5.79. The molecule has 0 aliphatic heterocycles. The van der Waals surface area contributed by atoms with Crippen LogP contribution in [0.5, 0.6) is 5.75 Å². The van der Waals surface area contributed by atoms with Crippen LogP contribution in [0.3, 0.4) is 0 Å². The highest BCUT2D eigenvalue weighted by Crippen LogP contribution is 2.15. The maximum atomic E-state index is 5.79. The zero-order chi connectivity index (χ0) is 15.0. The Morgan fingerprint density at radius 2 is 1.35 bits per heavy atom. The van der Waals surface area contributed by atoms with Crippen LogP contribution in [-0.4, -0.2) is 11.6 Å². The van der Waals surface area contributed by atoms with Crippen molar-refractivity contribution in [1.82, 2.24) is 4.98 Å². The third-order valence-corrected chi connectivity index (χ3v) is 3.58. The zero-order valence-electron chi connectivity index (χ0n) is 12.9. The van der Waals surface area contributed by atoms with E-state index in [0.29, 0.717) is 6.61 Å². The molecule has 0 fully saturated rings. The first-order valence-corrected chi connectivity index (χ1v) is 7.55. The van der Waals surface area contributed by atoms with E-state index in [2.05, 4.69) is 41.4 Å². The molecule has 3 aromatic rings. The summed E-state index contributed by atoms with van der Waals surface area (Å²) < 4.78 is 5.79. The standard InChI is InChI=1S/C20H19NO.ClH/c1-2-4-18(5-3-1)16-19-6-8-20(9-7-19)22-15-12-17-10-13-21-14-11-17;/h1-11,13-14H,12,15-16H2;1H. The van der Waals surface area contributed by atoms with Gasteiger partial charge in [-0.15, -0.1) is 12.4 Å². The van der Waals surface area contributed by atoms with Gasteiger partial charge in [0.2, 0.25) is 0 Å². The normalized spacial score (nSPS) is 9.91. The highest BCUT2D eigenvalue weighted by molar-refractivity contribution is 5.85. The third kappa shape index (κ3) is 5.42. The second kappa shape index (κ2) is 8.96. The van der Waals surface area contributed by atoms with Gasteiger partial charge in [0.25, 0.3) is 0 Å². The number of ether oxygens (including phenoxy) is 1. The van der Waals surface area contributed by atoms with Crippen LogP contribution in [0.25, 0.3) is 0 Å². The molecule has 0 N–H and O–H groups in total. The van der Waals surface area contributed by atoms with E-state index >= 15 is 0 Å². The predicted octanol–water partition coefficient (Wildman–Crippen LogP) is 4.72. The fourth-order valence-electron chi connectivity index (χ4n) is 2.37. The van der Waals surface area contributed by atoms with Crippen LogP contribution in [-0.2, 0) is 12.8 Å². The molecule has 0 unspecified atom stereocenters. The number of rotatable bonds is 6. The molecule has 0 saturated carbocycles. The average Bonchev–Trinajstić information content (AvgIpc) is 2.58. The number of nitrogens with zero attached hydrogens (tertiary/aromatic N) is 1. The lowest BCUT2D eigenvalue weighted by Crippen LogP contribution is -2.01. The maximum Gasteiger partial charge on any atom is 0.119 e. The molecule has 2 nitrogen and oxygen atoms in total. The summed E-state index contributed by atoms with van der Waals surface area (Å²) in [5, 5.41) is 0. The number of hydrogen-bond acceptors (Lipinski definition) is 2. The average molecular weight is 326 g/mol. The molecular weight excluding hydrogens is 306 g/mol. The predicted molar refractivity (Wildman–Crippen MR) is 96.4 cm³/mol. The second-order valence-corrected chi connectivity index (χ2v) is 5.26. The molecule has 0 amide bonds. The van der Waals surface area contributed by atoms with E-state index in [-0.39, 0.29) is 12.4 Å². The molecule has 0 bridgehead atoms. The fraction of sp³-hybridized carbons (Fsp3) is 0.150. The molecule has 0 radical (unpaired) electrons. The SMILES string of the molecule is Cl.c1ccc(Cc2ccc(OCCc3ccncc3)cc2)cc1. The van der Waals surface area contributed by atoms with Gasteiger partial charge in [-0.05, 0) is 47.4 Å². The second-order valence-electron chi connectivity index (χ2n) is 5.26. The summed E-state index contributed by atoms with van der Waals surface area (Å²) in [4.78, 5) is 4.01. The van der Waals surface area contributed by atoms with E-state index in [1.165, 1.54) is 16.7 Å². The van der Waals surface area contributed by atoms with E-state index in [0.717, 1.165) is 18.6 Å². The monoisotopic (exact) mass is 325 g/mol. The molecule has 0 atom stereocenters. The van der Waals surface area contributed by atoms with Crippen molar-refractivity contribution in [3.8, 4) is 5.75 Å². The summed E-state index contributed by atoms with van der Waals surface area (Å²) >= 11 is 0. The number of aromatic nitrogens is 1. The molecule has 0 aliphatic carbocycles. The lowest BCUT2D eigenvalue weighted by molar-refractivity contribution is 0.322. The van der Waals surface area contributed by atoms with Crippen molar-refractivity contribution in [3.05, 3.63) is 95.8 Å². The van der Waals surface area contributed by atoms with Crippen LogP contribution in [0, 0.1) is 0 Å². The minimum Gasteiger partial charge on any atom is -0.493 e. The smallest absolute Gasteiger partial charge is 0.119 e. The van der Waals surface area contributed by atoms with Gasteiger partial charge in [-0.3, -0.25) is 4.98 Å². The fourth-order valence-corrected chi connectivity index (χ4v) is 2.37. The molecule has 0 saturated heterocycles. The van der Waals surface area contributed by atoms with Crippen LogP contribution in [0.1, 0.15) is 16.7 Å². The lowest BCUT2D eigenvalue weighted by Gasteiger charge is -2.07. The molecular formula is C20H20ClNO. The van der Waals surface area contributed by atoms with Gasteiger partial charge in [-0.1, -0.05) is 42.5 Å². The summed E-state index contributed by atoms with van der Waals surface area (Å²) in [7, 11) is 0. The van der Waals surface area contributed by atoms with Gasteiger partial charge in [-0.25, -0.2) is 0 Å². The Hall–Kier alpha value is -2.32. The zero-order valence-corrected chi connectivity index (χ0v) is 13.7. The van der Waals surface area contributed by atoms with Crippen LogP contribution in [0.2, 0.25) is 0 Å². The topological polar surface area (TPSA) is 22.1 Å². The van der Waals surface area contributed by atoms with Crippen molar-refractivity contribution in [1.29, 1.82) is 0 Å². The van der Waals surface area contributed by atoms with E-state index in [1.807, 2.05) is 42.7 Å². The minimum atomic E-state index is 0. The molecule has 1 aromatic heterocycles. The molecule has 3 rings (SSSR count). The van der Waals surface area contributed by atoms with E-state index in [9.17, 15) is 0 Å². The highest BCUT2D eigenvalue weighted by atomic mass is 35.5. The van der Waals surface area contributed by atoms with Crippen molar-refractivity contribution < 1.29 is 4.74 Å². The summed E-state index contributed by atoms with van der Waals surface area (Å²) in [6.07, 6.45) is 5.48. The summed E-state index contributed by atoms with van der Waals surface area (Å²) in [6, 6.07) is 22.9.